The zero-order valence-corrected chi connectivity index (χ0v) is 17.7. The molecule has 156 valence electrons. The maximum absolute atomic E-state index is 9.79. The third kappa shape index (κ3) is 10.9. The van der Waals surface area contributed by atoms with Crippen molar-refractivity contribution in [1.82, 2.24) is 5.32 Å². The molecule has 0 aliphatic carbocycles. The topological polar surface area (TPSA) is 52.5 Å². The molecule has 0 spiro atoms. The molecule has 3 heteroatoms. The quantitative estimate of drug-likeness (QED) is 0.277. The predicted octanol–water partition coefficient (Wildman–Crippen LogP) is 5.58. The molecule has 26 heavy (non-hydrogen) atoms. The van der Waals surface area contributed by atoms with Crippen LogP contribution in [0.2, 0.25) is 0 Å². The van der Waals surface area contributed by atoms with E-state index in [1.807, 2.05) is 0 Å². The number of unbranched alkanes of at least 4 members (excludes halogenated alkanes) is 11. The number of rotatable bonds is 18. The summed E-state index contributed by atoms with van der Waals surface area (Å²) in [5.74, 6) is 0.934. The van der Waals surface area contributed by atoms with Gasteiger partial charge in [0.25, 0.3) is 0 Å². The van der Waals surface area contributed by atoms with E-state index in [9.17, 15) is 5.11 Å². The molecule has 1 aliphatic rings. The Morgan fingerprint density at radius 3 is 1.73 bits per heavy atom. The van der Waals surface area contributed by atoms with E-state index in [0.717, 1.165) is 12.3 Å². The first kappa shape index (κ1) is 23.9. The van der Waals surface area contributed by atoms with Gasteiger partial charge in [-0.15, -0.1) is 0 Å². The van der Waals surface area contributed by atoms with Gasteiger partial charge < -0.3 is 15.5 Å². The number of aliphatic hydroxyl groups is 2. The molecular formula is C23H47NO2. The van der Waals surface area contributed by atoms with Crippen LogP contribution in [-0.4, -0.2) is 35.0 Å². The number of hydrogen-bond acceptors (Lipinski definition) is 3. The van der Waals surface area contributed by atoms with Crippen LogP contribution < -0.4 is 5.32 Å². The summed E-state index contributed by atoms with van der Waals surface area (Å²) in [5, 5.41) is 22.0. The summed E-state index contributed by atoms with van der Waals surface area (Å²) in [5.41, 5.74) is 0. The van der Waals surface area contributed by atoms with E-state index in [0.29, 0.717) is 0 Å². The lowest BCUT2D eigenvalue weighted by molar-refractivity contribution is -0.0192. The van der Waals surface area contributed by atoms with Crippen molar-refractivity contribution in [3.63, 3.8) is 0 Å². The molecule has 1 saturated heterocycles. The minimum Gasteiger partial charge on any atom is -0.395 e. The first-order chi connectivity index (χ1) is 12.7. The number of nitrogens with one attached hydrogen (secondary N) is 1. The average Bonchev–Trinajstić information content (AvgIpc) is 2.64. The van der Waals surface area contributed by atoms with Gasteiger partial charge in [-0.05, 0) is 12.3 Å². The van der Waals surface area contributed by atoms with Gasteiger partial charge in [-0.25, -0.2) is 0 Å². The Kier molecular flexibility index (Phi) is 14.6. The summed E-state index contributed by atoms with van der Waals surface area (Å²) >= 11 is 0. The van der Waals surface area contributed by atoms with Crippen LogP contribution in [0.1, 0.15) is 117 Å². The summed E-state index contributed by atoms with van der Waals surface area (Å²) in [4.78, 5) is 0. The molecule has 0 amide bonds. The van der Waals surface area contributed by atoms with E-state index in [1.54, 1.807) is 0 Å². The minimum absolute atomic E-state index is 0.0511. The summed E-state index contributed by atoms with van der Waals surface area (Å²) in [6.07, 6.45) is 21.5. The zero-order chi connectivity index (χ0) is 19.0. The van der Waals surface area contributed by atoms with Crippen molar-refractivity contribution in [1.29, 1.82) is 0 Å². The SMILES string of the molecule is CCCCCCC(C)CCCCCCCCCCC[C@@H]1N[C@@H](CO)[C@@H]1O. The Morgan fingerprint density at radius 1 is 0.731 bits per heavy atom. The lowest BCUT2D eigenvalue weighted by Gasteiger charge is -2.42. The van der Waals surface area contributed by atoms with Gasteiger partial charge in [0.15, 0.2) is 0 Å². The Morgan fingerprint density at radius 2 is 1.23 bits per heavy atom. The highest BCUT2D eigenvalue weighted by atomic mass is 16.3. The third-order valence-corrected chi connectivity index (χ3v) is 6.21. The Balaban J connectivity index is 1.74. The van der Waals surface area contributed by atoms with Gasteiger partial charge in [-0.3, -0.25) is 0 Å². The van der Waals surface area contributed by atoms with E-state index in [4.69, 9.17) is 5.11 Å². The molecule has 0 saturated carbocycles. The van der Waals surface area contributed by atoms with Crippen molar-refractivity contribution in [2.45, 2.75) is 135 Å². The van der Waals surface area contributed by atoms with E-state index in [2.05, 4.69) is 19.2 Å². The zero-order valence-electron chi connectivity index (χ0n) is 17.7. The summed E-state index contributed by atoms with van der Waals surface area (Å²) < 4.78 is 0. The summed E-state index contributed by atoms with van der Waals surface area (Å²) in [6.45, 7) is 4.78. The smallest absolute Gasteiger partial charge is 0.0868 e. The van der Waals surface area contributed by atoms with Gasteiger partial charge in [0.1, 0.15) is 0 Å². The fourth-order valence-corrected chi connectivity index (χ4v) is 4.21. The number of hydrogen-bond donors (Lipinski definition) is 3. The summed E-state index contributed by atoms with van der Waals surface area (Å²) in [7, 11) is 0. The van der Waals surface area contributed by atoms with Gasteiger partial charge in [0, 0.05) is 6.04 Å². The molecule has 0 radical (unpaired) electrons. The van der Waals surface area contributed by atoms with Gasteiger partial charge in [-0.1, -0.05) is 110 Å². The largest absolute Gasteiger partial charge is 0.395 e. The standard InChI is InChI=1S/C23H47NO2/c1-3-4-5-13-16-20(2)17-14-11-9-7-6-8-10-12-15-18-21-23(26)22(19-25)24-21/h20-26H,3-19H2,1-2H3/t20?,21-,22-,23+/m0/s1. The molecule has 4 atom stereocenters. The van der Waals surface area contributed by atoms with Crippen LogP contribution in [0.25, 0.3) is 0 Å². The average molecular weight is 370 g/mol. The van der Waals surface area contributed by atoms with Crippen LogP contribution in [0.4, 0.5) is 0 Å². The number of aliphatic hydroxyl groups excluding tert-OH is 2. The fourth-order valence-electron chi connectivity index (χ4n) is 4.21. The Bertz CT molecular complexity index is 311. The molecule has 1 heterocycles. The second-order valence-corrected chi connectivity index (χ2v) is 8.77. The first-order valence-corrected chi connectivity index (χ1v) is 11.7. The van der Waals surface area contributed by atoms with E-state index in [1.165, 1.54) is 96.3 Å². The van der Waals surface area contributed by atoms with Crippen molar-refractivity contribution in [3.05, 3.63) is 0 Å². The van der Waals surface area contributed by atoms with Crippen molar-refractivity contribution < 1.29 is 10.2 Å². The predicted molar refractivity (Wildman–Crippen MR) is 113 cm³/mol. The molecule has 1 rings (SSSR count). The molecule has 1 fully saturated rings. The lowest BCUT2D eigenvalue weighted by Crippen LogP contribution is -2.66. The molecule has 3 nitrogen and oxygen atoms in total. The van der Waals surface area contributed by atoms with Gasteiger partial charge >= 0.3 is 0 Å². The molecule has 0 aromatic heterocycles. The van der Waals surface area contributed by atoms with Crippen LogP contribution in [-0.2, 0) is 0 Å². The van der Waals surface area contributed by atoms with E-state index in [-0.39, 0.29) is 24.8 Å². The highest BCUT2D eigenvalue weighted by Crippen LogP contribution is 2.20. The van der Waals surface area contributed by atoms with Gasteiger partial charge in [0.05, 0.1) is 18.8 Å². The second kappa shape index (κ2) is 15.9. The monoisotopic (exact) mass is 369 g/mol. The van der Waals surface area contributed by atoms with Gasteiger partial charge in [-0.2, -0.15) is 0 Å². The molecule has 0 aromatic carbocycles. The van der Waals surface area contributed by atoms with Crippen LogP contribution in [0.5, 0.6) is 0 Å². The fraction of sp³-hybridized carbons (Fsp3) is 1.00. The Hall–Kier alpha value is -0.120. The molecule has 0 bridgehead atoms. The second-order valence-electron chi connectivity index (χ2n) is 8.77. The maximum atomic E-state index is 9.79. The van der Waals surface area contributed by atoms with E-state index >= 15 is 0 Å². The van der Waals surface area contributed by atoms with Crippen LogP contribution in [0, 0.1) is 5.92 Å². The minimum atomic E-state index is -0.334. The molecular weight excluding hydrogens is 322 g/mol. The highest BCUT2D eigenvalue weighted by molar-refractivity contribution is 4.97. The third-order valence-electron chi connectivity index (χ3n) is 6.21. The van der Waals surface area contributed by atoms with E-state index < -0.39 is 0 Å². The van der Waals surface area contributed by atoms with Crippen molar-refractivity contribution in [2.24, 2.45) is 5.92 Å². The van der Waals surface area contributed by atoms with Gasteiger partial charge in [0.2, 0.25) is 0 Å². The van der Waals surface area contributed by atoms with Crippen LogP contribution >= 0.6 is 0 Å². The Labute approximate surface area is 163 Å². The molecule has 0 aromatic rings. The normalized spacial score (nSPS) is 23.8. The van der Waals surface area contributed by atoms with Crippen molar-refractivity contribution >= 4 is 0 Å². The molecule has 1 unspecified atom stereocenters. The maximum Gasteiger partial charge on any atom is 0.0868 e. The van der Waals surface area contributed by atoms with Crippen molar-refractivity contribution in [2.75, 3.05) is 6.61 Å². The van der Waals surface area contributed by atoms with Crippen LogP contribution in [0.3, 0.4) is 0 Å². The first-order valence-electron chi connectivity index (χ1n) is 11.7. The lowest BCUT2D eigenvalue weighted by atomic mass is 9.89. The highest BCUT2D eigenvalue weighted by Gasteiger charge is 2.37. The molecule has 3 N–H and O–H groups in total. The van der Waals surface area contributed by atoms with Crippen molar-refractivity contribution in [3.8, 4) is 0 Å². The molecule has 1 aliphatic heterocycles. The van der Waals surface area contributed by atoms with Crippen LogP contribution in [0.15, 0.2) is 0 Å². The summed E-state index contributed by atoms with van der Waals surface area (Å²) in [6, 6.07) is 0.144.